The van der Waals surface area contributed by atoms with Crippen LogP contribution >= 0.6 is 0 Å². The van der Waals surface area contributed by atoms with E-state index in [1.807, 2.05) is 43.3 Å². The van der Waals surface area contributed by atoms with E-state index in [0.29, 0.717) is 12.2 Å². The highest BCUT2D eigenvalue weighted by molar-refractivity contribution is 6.03. The number of aryl methyl sites for hydroxylation is 1. The number of rotatable bonds is 3. The van der Waals surface area contributed by atoms with Crippen molar-refractivity contribution in [3.63, 3.8) is 0 Å². The van der Waals surface area contributed by atoms with E-state index in [4.69, 9.17) is 5.73 Å². The number of nitrogens with two attached hydrogens (primary N) is 1. The Morgan fingerprint density at radius 1 is 1.28 bits per heavy atom. The van der Waals surface area contributed by atoms with Crippen molar-refractivity contribution in [2.24, 2.45) is 5.73 Å². The number of aromatic nitrogens is 1. The molecule has 0 saturated heterocycles. The first-order chi connectivity index (χ1) is 8.70. The zero-order chi connectivity index (χ0) is 13.0. The zero-order valence-corrected chi connectivity index (χ0v) is 10.2. The average Bonchev–Trinajstić information content (AvgIpc) is 2.40. The van der Waals surface area contributed by atoms with E-state index in [2.05, 4.69) is 10.3 Å². The van der Waals surface area contributed by atoms with Crippen LogP contribution in [0.4, 0.5) is 5.69 Å². The second kappa shape index (κ2) is 5.42. The van der Waals surface area contributed by atoms with Crippen LogP contribution in [0.1, 0.15) is 21.6 Å². The van der Waals surface area contributed by atoms with Crippen molar-refractivity contribution in [2.75, 3.05) is 5.32 Å². The van der Waals surface area contributed by atoms with Crippen LogP contribution in [-0.2, 0) is 6.54 Å². The minimum absolute atomic E-state index is 0.200. The number of anilines is 1. The SMILES string of the molecule is Cc1cccnc1C(=O)Nc1ccc(CN)cc1. The van der Waals surface area contributed by atoms with E-state index in [9.17, 15) is 4.79 Å². The predicted octanol–water partition coefficient (Wildman–Crippen LogP) is 2.10. The fourth-order valence-corrected chi connectivity index (χ4v) is 1.64. The highest BCUT2D eigenvalue weighted by Gasteiger charge is 2.09. The Balaban J connectivity index is 2.14. The molecule has 0 atom stereocenters. The number of hydrogen-bond acceptors (Lipinski definition) is 3. The van der Waals surface area contributed by atoms with Crippen LogP contribution in [0.3, 0.4) is 0 Å². The van der Waals surface area contributed by atoms with Crippen LogP contribution in [0.25, 0.3) is 0 Å². The molecule has 0 saturated carbocycles. The molecule has 0 radical (unpaired) electrons. The summed E-state index contributed by atoms with van der Waals surface area (Å²) in [7, 11) is 0. The summed E-state index contributed by atoms with van der Waals surface area (Å²) in [6, 6.07) is 11.1. The third-order valence-corrected chi connectivity index (χ3v) is 2.67. The maximum atomic E-state index is 12.0. The zero-order valence-electron chi connectivity index (χ0n) is 10.2. The van der Waals surface area contributed by atoms with Crippen LogP contribution in [0.5, 0.6) is 0 Å². The van der Waals surface area contributed by atoms with E-state index >= 15 is 0 Å². The lowest BCUT2D eigenvalue weighted by atomic mass is 10.2. The van der Waals surface area contributed by atoms with Crippen molar-refractivity contribution >= 4 is 11.6 Å². The van der Waals surface area contributed by atoms with Gasteiger partial charge >= 0.3 is 0 Å². The molecule has 0 aliphatic heterocycles. The molecule has 0 bridgehead atoms. The maximum absolute atomic E-state index is 12.0. The topological polar surface area (TPSA) is 68.0 Å². The predicted molar refractivity (Wildman–Crippen MR) is 71.3 cm³/mol. The van der Waals surface area contributed by atoms with Gasteiger partial charge in [0, 0.05) is 18.4 Å². The first-order valence-electron chi connectivity index (χ1n) is 5.72. The number of hydrogen-bond donors (Lipinski definition) is 2. The largest absolute Gasteiger partial charge is 0.326 e. The highest BCUT2D eigenvalue weighted by Crippen LogP contribution is 2.11. The van der Waals surface area contributed by atoms with Crippen molar-refractivity contribution in [3.8, 4) is 0 Å². The summed E-state index contributed by atoms with van der Waals surface area (Å²) in [5, 5.41) is 2.81. The second-order valence-electron chi connectivity index (χ2n) is 4.02. The monoisotopic (exact) mass is 241 g/mol. The summed E-state index contributed by atoms with van der Waals surface area (Å²) < 4.78 is 0. The standard InChI is InChI=1S/C14H15N3O/c1-10-3-2-8-16-13(10)14(18)17-12-6-4-11(9-15)5-7-12/h2-8H,9,15H2,1H3,(H,17,18). The molecule has 1 amide bonds. The van der Waals surface area contributed by atoms with Crippen LogP contribution in [0.2, 0.25) is 0 Å². The van der Waals surface area contributed by atoms with Gasteiger partial charge in [-0.15, -0.1) is 0 Å². The van der Waals surface area contributed by atoms with Gasteiger partial charge in [-0.2, -0.15) is 0 Å². The molecule has 92 valence electrons. The van der Waals surface area contributed by atoms with Gasteiger partial charge in [-0.3, -0.25) is 9.78 Å². The van der Waals surface area contributed by atoms with Crippen LogP contribution in [0, 0.1) is 6.92 Å². The Bertz CT molecular complexity index is 549. The number of benzene rings is 1. The lowest BCUT2D eigenvalue weighted by Gasteiger charge is -2.07. The summed E-state index contributed by atoms with van der Waals surface area (Å²) in [5.74, 6) is -0.200. The van der Waals surface area contributed by atoms with Gasteiger partial charge in [0.2, 0.25) is 0 Å². The minimum atomic E-state index is -0.200. The Labute approximate surface area is 106 Å². The van der Waals surface area contributed by atoms with Gasteiger partial charge in [0.15, 0.2) is 0 Å². The molecule has 0 fully saturated rings. The normalized spacial score (nSPS) is 10.1. The molecule has 0 aliphatic carbocycles. The average molecular weight is 241 g/mol. The minimum Gasteiger partial charge on any atom is -0.326 e. The fraction of sp³-hybridized carbons (Fsp3) is 0.143. The molecular weight excluding hydrogens is 226 g/mol. The van der Waals surface area contributed by atoms with Gasteiger partial charge in [0.05, 0.1) is 0 Å². The van der Waals surface area contributed by atoms with Crippen molar-refractivity contribution < 1.29 is 4.79 Å². The molecule has 2 aromatic rings. The molecule has 4 nitrogen and oxygen atoms in total. The molecule has 1 heterocycles. The molecule has 2 rings (SSSR count). The number of carbonyl (C=O) groups excluding carboxylic acids is 1. The molecular formula is C14H15N3O. The van der Waals surface area contributed by atoms with E-state index in [1.165, 1.54) is 0 Å². The molecule has 0 unspecified atom stereocenters. The van der Waals surface area contributed by atoms with E-state index < -0.39 is 0 Å². The van der Waals surface area contributed by atoms with Gasteiger partial charge in [0.25, 0.3) is 5.91 Å². The van der Waals surface area contributed by atoms with Gasteiger partial charge < -0.3 is 11.1 Å². The van der Waals surface area contributed by atoms with Crippen molar-refractivity contribution in [2.45, 2.75) is 13.5 Å². The molecule has 1 aromatic carbocycles. The number of pyridine rings is 1. The van der Waals surface area contributed by atoms with Crippen molar-refractivity contribution in [1.82, 2.24) is 4.98 Å². The van der Waals surface area contributed by atoms with Gasteiger partial charge in [-0.05, 0) is 36.2 Å². The third-order valence-electron chi connectivity index (χ3n) is 2.67. The van der Waals surface area contributed by atoms with Crippen molar-refractivity contribution in [1.29, 1.82) is 0 Å². The highest BCUT2D eigenvalue weighted by atomic mass is 16.1. The number of amides is 1. The Morgan fingerprint density at radius 2 is 2.00 bits per heavy atom. The number of carbonyl (C=O) groups is 1. The smallest absolute Gasteiger partial charge is 0.274 e. The summed E-state index contributed by atoms with van der Waals surface area (Å²) >= 11 is 0. The first kappa shape index (κ1) is 12.3. The second-order valence-corrected chi connectivity index (χ2v) is 4.02. The molecule has 1 aromatic heterocycles. The molecule has 0 spiro atoms. The van der Waals surface area contributed by atoms with Crippen LogP contribution < -0.4 is 11.1 Å². The van der Waals surface area contributed by atoms with E-state index in [-0.39, 0.29) is 5.91 Å². The lowest BCUT2D eigenvalue weighted by molar-refractivity contribution is 0.102. The van der Waals surface area contributed by atoms with Crippen molar-refractivity contribution in [3.05, 3.63) is 59.4 Å². The third kappa shape index (κ3) is 2.73. The van der Waals surface area contributed by atoms with Gasteiger partial charge in [-0.25, -0.2) is 0 Å². The fourth-order valence-electron chi connectivity index (χ4n) is 1.64. The Kier molecular flexibility index (Phi) is 3.69. The van der Waals surface area contributed by atoms with Crippen LogP contribution in [0.15, 0.2) is 42.6 Å². The molecule has 4 heteroatoms. The molecule has 0 aliphatic rings. The Morgan fingerprint density at radius 3 is 2.61 bits per heavy atom. The van der Waals surface area contributed by atoms with E-state index in [1.54, 1.807) is 6.20 Å². The summed E-state index contributed by atoms with van der Waals surface area (Å²) in [4.78, 5) is 16.1. The Hall–Kier alpha value is -2.20. The molecule has 18 heavy (non-hydrogen) atoms. The number of nitrogens with one attached hydrogen (secondary N) is 1. The van der Waals surface area contributed by atoms with Gasteiger partial charge in [0.1, 0.15) is 5.69 Å². The lowest BCUT2D eigenvalue weighted by Crippen LogP contribution is -2.15. The van der Waals surface area contributed by atoms with Gasteiger partial charge in [-0.1, -0.05) is 18.2 Å². The first-order valence-corrected chi connectivity index (χ1v) is 5.72. The quantitative estimate of drug-likeness (QED) is 0.864. The van der Waals surface area contributed by atoms with E-state index in [0.717, 1.165) is 16.8 Å². The molecule has 3 N–H and O–H groups in total. The summed E-state index contributed by atoms with van der Waals surface area (Å²) in [6.45, 7) is 2.35. The summed E-state index contributed by atoms with van der Waals surface area (Å²) in [5.41, 5.74) is 8.58. The van der Waals surface area contributed by atoms with Crippen LogP contribution in [-0.4, -0.2) is 10.9 Å². The number of nitrogens with zero attached hydrogens (tertiary/aromatic N) is 1. The maximum Gasteiger partial charge on any atom is 0.274 e. The summed E-state index contributed by atoms with van der Waals surface area (Å²) in [6.07, 6.45) is 1.61.